The van der Waals surface area contributed by atoms with Crippen molar-refractivity contribution in [1.29, 1.82) is 0 Å². The first-order chi connectivity index (χ1) is 9.60. The molecular formula is C15H15FN2O2. The molecule has 2 rings (SSSR count). The van der Waals surface area contributed by atoms with E-state index in [4.69, 9.17) is 0 Å². The number of hydrogen-bond donors (Lipinski definition) is 1. The fourth-order valence-corrected chi connectivity index (χ4v) is 1.87. The number of nitrogens with one attached hydrogen (secondary N) is 1. The minimum Gasteiger partial charge on any atom is -0.381 e. The Morgan fingerprint density at radius 1 is 1.15 bits per heavy atom. The van der Waals surface area contributed by atoms with Crippen LogP contribution in [0.15, 0.2) is 42.5 Å². The van der Waals surface area contributed by atoms with Crippen LogP contribution in [0.5, 0.6) is 0 Å². The lowest BCUT2D eigenvalue weighted by molar-refractivity contribution is -0.387. The van der Waals surface area contributed by atoms with Gasteiger partial charge in [-0.1, -0.05) is 25.1 Å². The smallest absolute Gasteiger partial charge is 0.304 e. The van der Waals surface area contributed by atoms with Crippen molar-refractivity contribution in [3.63, 3.8) is 0 Å². The molecular weight excluding hydrogens is 259 g/mol. The molecule has 2 aromatic carbocycles. The lowest BCUT2D eigenvalue weighted by Gasteiger charge is -2.07. The highest BCUT2D eigenvalue weighted by Gasteiger charge is 2.13. The highest BCUT2D eigenvalue weighted by atomic mass is 19.1. The normalized spacial score (nSPS) is 10.3. The van der Waals surface area contributed by atoms with Crippen LogP contribution in [0.3, 0.4) is 0 Å². The van der Waals surface area contributed by atoms with E-state index in [9.17, 15) is 14.5 Å². The van der Waals surface area contributed by atoms with Gasteiger partial charge in [0.15, 0.2) is 0 Å². The first-order valence-corrected chi connectivity index (χ1v) is 6.35. The van der Waals surface area contributed by atoms with Gasteiger partial charge in [-0.05, 0) is 35.7 Å². The zero-order valence-electron chi connectivity index (χ0n) is 11.1. The number of aryl methyl sites for hydroxylation is 1. The van der Waals surface area contributed by atoms with Crippen molar-refractivity contribution in [2.75, 3.05) is 5.32 Å². The molecule has 0 aliphatic rings. The molecule has 0 aliphatic carbocycles. The molecule has 0 saturated carbocycles. The molecule has 0 aliphatic heterocycles. The second kappa shape index (κ2) is 6.14. The Labute approximate surface area is 116 Å². The summed E-state index contributed by atoms with van der Waals surface area (Å²) in [7, 11) is 0. The summed E-state index contributed by atoms with van der Waals surface area (Å²) in [5, 5.41) is 13.7. The van der Waals surface area contributed by atoms with Gasteiger partial charge in [0.25, 0.3) is 0 Å². The highest BCUT2D eigenvalue weighted by Crippen LogP contribution is 2.19. The van der Waals surface area contributed by atoms with Gasteiger partial charge in [0.1, 0.15) is 0 Å². The maximum atomic E-state index is 13.5. The number of nitro groups is 1. The van der Waals surface area contributed by atoms with Gasteiger partial charge < -0.3 is 5.32 Å². The van der Waals surface area contributed by atoms with Crippen molar-refractivity contribution in [1.82, 2.24) is 0 Å². The van der Waals surface area contributed by atoms with Crippen LogP contribution in [0.4, 0.5) is 15.8 Å². The molecule has 1 N–H and O–H groups in total. The minimum atomic E-state index is -0.810. The largest absolute Gasteiger partial charge is 0.381 e. The van der Waals surface area contributed by atoms with Crippen molar-refractivity contribution in [2.45, 2.75) is 19.9 Å². The van der Waals surface area contributed by atoms with Crippen LogP contribution in [-0.2, 0) is 13.0 Å². The summed E-state index contributed by atoms with van der Waals surface area (Å²) < 4.78 is 13.5. The second-order valence-electron chi connectivity index (χ2n) is 4.45. The van der Waals surface area contributed by atoms with Crippen LogP contribution in [-0.4, -0.2) is 4.92 Å². The average Bonchev–Trinajstić information content (AvgIpc) is 2.45. The van der Waals surface area contributed by atoms with Gasteiger partial charge in [-0.3, -0.25) is 10.1 Å². The van der Waals surface area contributed by atoms with Crippen LogP contribution in [0.2, 0.25) is 0 Å². The fraction of sp³-hybridized carbons (Fsp3) is 0.200. The van der Waals surface area contributed by atoms with Gasteiger partial charge in [0, 0.05) is 18.3 Å². The van der Waals surface area contributed by atoms with E-state index < -0.39 is 16.4 Å². The van der Waals surface area contributed by atoms with Crippen molar-refractivity contribution in [3.8, 4) is 0 Å². The molecule has 0 heterocycles. The molecule has 0 aromatic heterocycles. The van der Waals surface area contributed by atoms with E-state index in [1.54, 1.807) is 6.07 Å². The Hall–Kier alpha value is -2.43. The first kappa shape index (κ1) is 14.0. The SMILES string of the molecule is CCc1ccc(NCc2ccc([N+](=O)[O-])c(F)c2)cc1. The molecule has 20 heavy (non-hydrogen) atoms. The Balaban J connectivity index is 2.03. The molecule has 0 unspecified atom stereocenters. The standard InChI is InChI=1S/C15H15FN2O2/c1-2-11-3-6-13(7-4-11)17-10-12-5-8-15(18(19)20)14(16)9-12/h3-9,17H,2,10H2,1H3. The van der Waals surface area contributed by atoms with Crippen LogP contribution < -0.4 is 5.32 Å². The third kappa shape index (κ3) is 3.32. The Bertz CT molecular complexity index is 612. The van der Waals surface area contributed by atoms with Crippen molar-refractivity contribution >= 4 is 11.4 Å². The Kier molecular flexibility index (Phi) is 4.30. The van der Waals surface area contributed by atoms with Gasteiger partial charge in [0.05, 0.1) is 4.92 Å². The second-order valence-corrected chi connectivity index (χ2v) is 4.45. The Morgan fingerprint density at radius 2 is 1.80 bits per heavy atom. The van der Waals surface area contributed by atoms with Crippen molar-refractivity contribution < 1.29 is 9.31 Å². The molecule has 0 amide bonds. The third-order valence-electron chi connectivity index (χ3n) is 3.07. The molecule has 0 atom stereocenters. The van der Waals surface area contributed by atoms with Gasteiger partial charge in [-0.15, -0.1) is 0 Å². The van der Waals surface area contributed by atoms with E-state index in [2.05, 4.69) is 12.2 Å². The van der Waals surface area contributed by atoms with E-state index in [1.807, 2.05) is 24.3 Å². The summed E-state index contributed by atoms with van der Waals surface area (Å²) in [6.07, 6.45) is 0.980. The molecule has 2 aromatic rings. The number of halogens is 1. The van der Waals surface area contributed by atoms with Crippen molar-refractivity contribution in [3.05, 3.63) is 69.5 Å². The van der Waals surface area contributed by atoms with E-state index >= 15 is 0 Å². The molecule has 104 valence electrons. The lowest BCUT2D eigenvalue weighted by Crippen LogP contribution is -2.01. The number of nitro benzene ring substituents is 1. The third-order valence-corrected chi connectivity index (χ3v) is 3.07. The van der Waals surface area contributed by atoms with E-state index in [0.29, 0.717) is 12.1 Å². The first-order valence-electron chi connectivity index (χ1n) is 6.35. The summed E-state index contributed by atoms with van der Waals surface area (Å²) in [4.78, 5) is 9.80. The maximum absolute atomic E-state index is 13.5. The quantitative estimate of drug-likeness (QED) is 0.664. The molecule has 0 bridgehead atoms. The van der Waals surface area contributed by atoms with Crippen LogP contribution in [0.1, 0.15) is 18.1 Å². The van der Waals surface area contributed by atoms with Gasteiger partial charge in [-0.2, -0.15) is 4.39 Å². The van der Waals surface area contributed by atoms with Crippen molar-refractivity contribution in [2.24, 2.45) is 0 Å². The molecule has 0 fully saturated rings. The van der Waals surface area contributed by atoms with E-state index in [-0.39, 0.29) is 0 Å². The van der Waals surface area contributed by atoms with Gasteiger partial charge in [0.2, 0.25) is 5.82 Å². The predicted octanol–water partition coefficient (Wildman–Crippen LogP) is 3.91. The van der Waals surface area contributed by atoms with Crippen LogP contribution in [0.25, 0.3) is 0 Å². The van der Waals surface area contributed by atoms with Crippen LogP contribution >= 0.6 is 0 Å². The monoisotopic (exact) mass is 274 g/mol. The number of nitrogens with zero attached hydrogens (tertiary/aromatic N) is 1. The topological polar surface area (TPSA) is 55.2 Å². The number of benzene rings is 2. The molecule has 5 heteroatoms. The molecule has 4 nitrogen and oxygen atoms in total. The zero-order valence-corrected chi connectivity index (χ0v) is 11.1. The summed E-state index contributed by atoms with van der Waals surface area (Å²) in [6.45, 7) is 2.50. The van der Waals surface area contributed by atoms with Gasteiger partial charge >= 0.3 is 5.69 Å². The number of anilines is 1. The van der Waals surface area contributed by atoms with Gasteiger partial charge in [-0.25, -0.2) is 0 Å². The Morgan fingerprint density at radius 3 is 2.35 bits per heavy atom. The maximum Gasteiger partial charge on any atom is 0.304 e. The molecule has 0 saturated heterocycles. The lowest BCUT2D eigenvalue weighted by atomic mass is 10.1. The summed E-state index contributed by atoms with van der Waals surface area (Å²) in [6, 6.07) is 11.9. The zero-order chi connectivity index (χ0) is 14.5. The molecule has 0 radical (unpaired) electrons. The summed E-state index contributed by atoms with van der Waals surface area (Å²) in [5.74, 6) is -0.810. The summed E-state index contributed by atoms with van der Waals surface area (Å²) in [5.41, 5.74) is 2.34. The summed E-state index contributed by atoms with van der Waals surface area (Å²) >= 11 is 0. The predicted molar refractivity (Wildman–Crippen MR) is 76.2 cm³/mol. The number of hydrogen-bond acceptors (Lipinski definition) is 3. The van der Waals surface area contributed by atoms with E-state index in [1.165, 1.54) is 17.7 Å². The number of rotatable bonds is 5. The van der Waals surface area contributed by atoms with Crippen LogP contribution in [0, 0.1) is 15.9 Å². The minimum absolute atomic E-state index is 0.417. The van der Waals surface area contributed by atoms with E-state index in [0.717, 1.165) is 12.1 Å². The fourth-order valence-electron chi connectivity index (χ4n) is 1.87. The molecule has 0 spiro atoms. The highest BCUT2D eigenvalue weighted by molar-refractivity contribution is 5.45. The average molecular weight is 274 g/mol.